The van der Waals surface area contributed by atoms with E-state index in [1.807, 2.05) is 6.26 Å². The van der Waals surface area contributed by atoms with Crippen molar-refractivity contribution in [2.45, 2.75) is 38.6 Å². The molecule has 0 spiro atoms. The van der Waals surface area contributed by atoms with Crippen LogP contribution in [0.5, 0.6) is 0 Å². The van der Waals surface area contributed by atoms with Crippen molar-refractivity contribution in [1.29, 1.82) is 0 Å². The minimum Gasteiger partial charge on any atom is -0.355 e. The van der Waals surface area contributed by atoms with Crippen molar-refractivity contribution in [3.05, 3.63) is 0 Å². The standard InChI is InChI=1S/C14H29N3OS.ClH/c1-12-4-9-17(10-5-12)8-3-7-16-14(18)13(15)6-11-19-2;/h12-13H,3-11,15H2,1-2H3,(H,16,18);1H/t13-;/m0./s1. The topological polar surface area (TPSA) is 58.4 Å². The summed E-state index contributed by atoms with van der Waals surface area (Å²) in [5, 5.41) is 2.94. The number of piperidine rings is 1. The highest BCUT2D eigenvalue weighted by atomic mass is 35.5. The van der Waals surface area contributed by atoms with Gasteiger partial charge in [-0.2, -0.15) is 11.8 Å². The largest absolute Gasteiger partial charge is 0.355 e. The minimum atomic E-state index is -0.344. The first-order valence-electron chi connectivity index (χ1n) is 7.38. The van der Waals surface area contributed by atoms with Crippen molar-refractivity contribution in [3.8, 4) is 0 Å². The molecule has 0 radical (unpaired) electrons. The number of nitrogens with one attached hydrogen (secondary N) is 1. The molecule has 20 heavy (non-hydrogen) atoms. The summed E-state index contributed by atoms with van der Waals surface area (Å²) in [4.78, 5) is 14.2. The van der Waals surface area contributed by atoms with E-state index in [9.17, 15) is 4.79 Å². The Hall–Kier alpha value is 0.0300. The molecular weight excluding hydrogens is 294 g/mol. The van der Waals surface area contributed by atoms with Gasteiger partial charge in [0.1, 0.15) is 0 Å². The molecule has 0 saturated carbocycles. The molecule has 6 heteroatoms. The first-order chi connectivity index (χ1) is 9.13. The van der Waals surface area contributed by atoms with Crippen LogP contribution in [0.4, 0.5) is 0 Å². The number of carbonyl (C=O) groups excluding carboxylic acids is 1. The average Bonchev–Trinajstić information content (AvgIpc) is 2.42. The van der Waals surface area contributed by atoms with Crippen LogP contribution in [0, 0.1) is 5.92 Å². The lowest BCUT2D eigenvalue weighted by Gasteiger charge is -2.30. The number of rotatable bonds is 8. The number of thioether (sulfide) groups is 1. The monoisotopic (exact) mass is 323 g/mol. The molecule has 1 heterocycles. The molecule has 120 valence electrons. The molecule has 0 aromatic rings. The normalized spacial score (nSPS) is 18.4. The fourth-order valence-corrected chi connectivity index (χ4v) is 2.80. The first-order valence-corrected chi connectivity index (χ1v) is 8.77. The van der Waals surface area contributed by atoms with E-state index in [1.165, 1.54) is 25.9 Å². The maximum absolute atomic E-state index is 11.7. The Morgan fingerprint density at radius 3 is 2.70 bits per heavy atom. The Morgan fingerprint density at radius 1 is 1.45 bits per heavy atom. The van der Waals surface area contributed by atoms with Crippen LogP contribution >= 0.6 is 24.2 Å². The third-order valence-electron chi connectivity index (χ3n) is 3.80. The predicted molar refractivity (Wildman–Crippen MR) is 90.7 cm³/mol. The zero-order valence-corrected chi connectivity index (χ0v) is 14.4. The number of hydrogen-bond donors (Lipinski definition) is 2. The van der Waals surface area contributed by atoms with Crippen LogP contribution in [0.15, 0.2) is 0 Å². The fourth-order valence-electron chi connectivity index (χ4n) is 2.31. The molecule has 4 nitrogen and oxygen atoms in total. The van der Waals surface area contributed by atoms with Gasteiger partial charge in [0.25, 0.3) is 0 Å². The molecule has 1 amide bonds. The zero-order valence-electron chi connectivity index (χ0n) is 12.8. The first kappa shape index (κ1) is 20.0. The maximum Gasteiger partial charge on any atom is 0.236 e. The summed E-state index contributed by atoms with van der Waals surface area (Å²) in [6, 6.07) is -0.344. The highest BCUT2D eigenvalue weighted by Gasteiger charge is 2.15. The summed E-state index contributed by atoms with van der Waals surface area (Å²) in [7, 11) is 0. The zero-order chi connectivity index (χ0) is 14.1. The average molecular weight is 324 g/mol. The lowest BCUT2D eigenvalue weighted by molar-refractivity contribution is -0.122. The van der Waals surface area contributed by atoms with E-state index in [0.29, 0.717) is 0 Å². The van der Waals surface area contributed by atoms with Crippen LogP contribution in [0.25, 0.3) is 0 Å². The quantitative estimate of drug-likeness (QED) is 0.668. The van der Waals surface area contributed by atoms with Gasteiger partial charge in [-0.25, -0.2) is 0 Å². The molecule has 0 aromatic carbocycles. The van der Waals surface area contributed by atoms with Crippen molar-refractivity contribution in [2.75, 3.05) is 38.2 Å². The van der Waals surface area contributed by atoms with Crippen molar-refractivity contribution < 1.29 is 4.79 Å². The number of halogens is 1. The fraction of sp³-hybridized carbons (Fsp3) is 0.929. The second kappa shape index (κ2) is 11.7. The molecule has 1 aliphatic rings. The summed E-state index contributed by atoms with van der Waals surface area (Å²) >= 11 is 1.73. The highest BCUT2D eigenvalue weighted by molar-refractivity contribution is 7.98. The molecule has 1 aliphatic heterocycles. The van der Waals surface area contributed by atoms with Gasteiger partial charge >= 0.3 is 0 Å². The summed E-state index contributed by atoms with van der Waals surface area (Å²) < 4.78 is 0. The molecule has 0 aromatic heterocycles. The van der Waals surface area contributed by atoms with E-state index in [2.05, 4.69) is 17.1 Å². The number of hydrogen-bond acceptors (Lipinski definition) is 4. The maximum atomic E-state index is 11.7. The summed E-state index contributed by atoms with van der Waals surface area (Å²) in [5.74, 6) is 1.83. The van der Waals surface area contributed by atoms with E-state index in [4.69, 9.17) is 5.73 Å². The molecular formula is C14H30ClN3OS. The minimum absolute atomic E-state index is 0. The van der Waals surface area contributed by atoms with Crippen molar-refractivity contribution >= 4 is 30.1 Å². The van der Waals surface area contributed by atoms with Gasteiger partial charge in [0.2, 0.25) is 5.91 Å². The van der Waals surface area contributed by atoms with E-state index in [0.717, 1.165) is 37.6 Å². The Bertz CT molecular complexity index is 261. The Kier molecular flexibility index (Phi) is 11.7. The van der Waals surface area contributed by atoms with Gasteiger partial charge < -0.3 is 16.0 Å². The number of carbonyl (C=O) groups is 1. The van der Waals surface area contributed by atoms with Gasteiger partial charge in [-0.3, -0.25) is 4.79 Å². The Morgan fingerprint density at radius 2 is 2.10 bits per heavy atom. The summed E-state index contributed by atoms with van der Waals surface area (Å²) in [6.07, 6.45) is 6.44. The molecule has 1 fully saturated rings. The van der Waals surface area contributed by atoms with Crippen LogP contribution in [-0.4, -0.2) is 55.0 Å². The highest BCUT2D eigenvalue weighted by Crippen LogP contribution is 2.15. The van der Waals surface area contributed by atoms with Gasteiger partial charge in [-0.15, -0.1) is 12.4 Å². The predicted octanol–water partition coefficient (Wildman–Crippen LogP) is 1.73. The van der Waals surface area contributed by atoms with Crippen molar-refractivity contribution in [3.63, 3.8) is 0 Å². The van der Waals surface area contributed by atoms with Crippen LogP contribution in [0.3, 0.4) is 0 Å². The molecule has 1 rings (SSSR count). The SMILES string of the molecule is CSCC[C@H](N)C(=O)NCCCN1CCC(C)CC1.Cl. The molecule has 3 N–H and O–H groups in total. The van der Waals surface area contributed by atoms with E-state index in [-0.39, 0.29) is 24.4 Å². The van der Waals surface area contributed by atoms with E-state index >= 15 is 0 Å². The van der Waals surface area contributed by atoms with Gasteiger partial charge in [0.15, 0.2) is 0 Å². The summed E-state index contributed by atoms with van der Waals surface area (Å²) in [5.41, 5.74) is 5.81. The smallest absolute Gasteiger partial charge is 0.236 e. The molecule has 0 unspecified atom stereocenters. The number of likely N-dealkylation sites (tertiary alicyclic amines) is 1. The lowest BCUT2D eigenvalue weighted by Crippen LogP contribution is -2.42. The molecule has 0 aliphatic carbocycles. The molecule has 1 saturated heterocycles. The van der Waals surface area contributed by atoms with Crippen molar-refractivity contribution in [1.82, 2.24) is 10.2 Å². The lowest BCUT2D eigenvalue weighted by atomic mass is 9.99. The second-order valence-corrected chi connectivity index (χ2v) is 6.54. The van der Waals surface area contributed by atoms with Crippen LogP contribution in [-0.2, 0) is 4.79 Å². The van der Waals surface area contributed by atoms with Crippen LogP contribution in [0.2, 0.25) is 0 Å². The van der Waals surface area contributed by atoms with Crippen LogP contribution in [0.1, 0.15) is 32.6 Å². The van der Waals surface area contributed by atoms with Crippen LogP contribution < -0.4 is 11.1 Å². The summed E-state index contributed by atoms with van der Waals surface area (Å²) in [6.45, 7) is 6.59. The van der Waals surface area contributed by atoms with Gasteiger partial charge in [-0.1, -0.05) is 6.92 Å². The van der Waals surface area contributed by atoms with Gasteiger partial charge in [0.05, 0.1) is 6.04 Å². The third-order valence-corrected chi connectivity index (χ3v) is 4.44. The number of nitrogens with zero attached hydrogens (tertiary/aromatic N) is 1. The number of amides is 1. The Labute approximate surface area is 134 Å². The number of nitrogens with two attached hydrogens (primary N) is 1. The molecule has 1 atom stereocenters. The van der Waals surface area contributed by atoms with E-state index in [1.54, 1.807) is 11.8 Å². The second-order valence-electron chi connectivity index (χ2n) is 5.56. The van der Waals surface area contributed by atoms with Crippen molar-refractivity contribution in [2.24, 2.45) is 11.7 Å². The Balaban J connectivity index is 0.00000361. The van der Waals surface area contributed by atoms with E-state index < -0.39 is 0 Å². The molecule has 0 bridgehead atoms. The third kappa shape index (κ3) is 8.35. The van der Waals surface area contributed by atoms with Gasteiger partial charge in [0, 0.05) is 6.54 Å². The van der Waals surface area contributed by atoms with Gasteiger partial charge in [-0.05, 0) is 63.2 Å².